The van der Waals surface area contributed by atoms with E-state index in [2.05, 4.69) is 36.7 Å². The molecule has 1 aromatic heterocycles. The quantitative estimate of drug-likeness (QED) is 0.811. The van der Waals surface area contributed by atoms with E-state index >= 15 is 0 Å². The Morgan fingerprint density at radius 3 is 2.58 bits per heavy atom. The maximum absolute atomic E-state index is 5.74. The highest BCUT2D eigenvalue weighted by Crippen LogP contribution is 2.20. The second kappa shape index (κ2) is 6.96. The van der Waals surface area contributed by atoms with E-state index in [0.29, 0.717) is 6.61 Å². The monoisotopic (exact) mass is 293 g/mol. The van der Waals surface area contributed by atoms with E-state index in [9.17, 15) is 0 Å². The maximum atomic E-state index is 5.74. The second-order valence-electron chi connectivity index (χ2n) is 4.37. The molecule has 0 spiro atoms. The van der Waals surface area contributed by atoms with E-state index in [-0.39, 0.29) is 0 Å². The topological polar surface area (TPSA) is 22.1 Å². The molecule has 102 valence electrons. The zero-order valence-corrected chi connectivity index (χ0v) is 13.1. The van der Waals surface area contributed by atoms with Crippen molar-refractivity contribution in [3.63, 3.8) is 0 Å². The van der Waals surface area contributed by atoms with Crippen molar-refractivity contribution in [1.82, 2.24) is 4.98 Å². The molecule has 2 nitrogen and oxygen atoms in total. The largest absolute Gasteiger partial charge is 0.493 e. The van der Waals surface area contributed by atoms with Crippen molar-refractivity contribution >= 4 is 24.0 Å². The minimum atomic E-state index is 0.671. The highest BCUT2D eigenvalue weighted by molar-refractivity contribution is 7.79. The first-order valence-electron chi connectivity index (χ1n) is 6.50. The molecule has 1 aromatic carbocycles. The number of ether oxygens (including phenoxy) is 1. The number of hydrogen-bond donors (Lipinski definition) is 1. The van der Waals surface area contributed by atoms with Crippen LogP contribution in [0.4, 0.5) is 0 Å². The van der Waals surface area contributed by atoms with Gasteiger partial charge in [-0.05, 0) is 31.0 Å². The summed E-state index contributed by atoms with van der Waals surface area (Å²) >= 11 is 6.03. The number of aryl methyl sites for hydroxylation is 2. The van der Waals surface area contributed by atoms with E-state index in [1.54, 1.807) is 11.3 Å². The third-order valence-electron chi connectivity index (χ3n) is 3.00. The van der Waals surface area contributed by atoms with Crippen LogP contribution in [0.5, 0.6) is 5.75 Å². The first-order chi connectivity index (χ1) is 9.22. The van der Waals surface area contributed by atoms with Crippen molar-refractivity contribution in [2.45, 2.75) is 32.4 Å². The Morgan fingerprint density at radius 1 is 1.26 bits per heavy atom. The van der Waals surface area contributed by atoms with Crippen molar-refractivity contribution in [2.75, 3.05) is 6.61 Å². The number of benzene rings is 1. The van der Waals surface area contributed by atoms with Crippen LogP contribution in [0.25, 0.3) is 0 Å². The predicted octanol–water partition coefficient (Wildman–Crippen LogP) is 4.07. The Kier molecular flexibility index (Phi) is 5.28. The van der Waals surface area contributed by atoms with E-state index in [1.807, 2.05) is 19.1 Å². The van der Waals surface area contributed by atoms with Crippen molar-refractivity contribution < 1.29 is 4.74 Å². The second-order valence-corrected chi connectivity index (χ2v) is 5.85. The summed E-state index contributed by atoms with van der Waals surface area (Å²) in [6, 6.07) is 8.29. The van der Waals surface area contributed by atoms with Crippen LogP contribution in [0.15, 0.2) is 24.3 Å². The third-order valence-corrected chi connectivity index (χ3v) is 4.74. The lowest BCUT2D eigenvalue weighted by Gasteiger charge is -2.05. The SMILES string of the molecule is CCc1ccc(OCCc2nc(C)c(CS)s2)cc1. The smallest absolute Gasteiger partial charge is 0.119 e. The number of nitrogens with zero attached hydrogens (tertiary/aromatic N) is 1. The molecule has 0 radical (unpaired) electrons. The number of rotatable bonds is 6. The predicted molar refractivity (Wildman–Crippen MR) is 84.6 cm³/mol. The Balaban J connectivity index is 1.85. The van der Waals surface area contributed by atoms with Gasteiger partial charge >= 0.3 is 0 Å². The zero-order valence-electron chi connectivity index (χ0n) is 11.3. The summed E-state index contributed by atoms with van der Waals surface area (Å²) in [4.78, 5) is 5.78. The Labute approximate surface area is 124 Å². The minimum absolute atomic E-state index is 0.671. The Morgan fingerprint density at radius 2 is 2.00 bits per heavy atom. The summed E-state index contributed by atoms with van der Waals surface area (Å²) in [5.41, 5.74) is 2.43. The number of thiazole rings is 1. The fraction of sp³-hybridized carbons (Fsp3) is 0.400. The lowest BCUT2D eigenvalue weighted by molar-refractivity contribution is 0.321. The molecule has 2 aromatic rings. The van der Waals surface area contributed by atoms with Crippen LogP contribution in [-0.2, 0) is 18.6 Å². The highest BCUT2D eigenvalue weighted by Gasteiger charge is 2.06. The molecule has 0 aliphatic heterocycles. The first-order valence-corrected chi connectivity index (χ1v) is 7.95. The first kappa shape index (κ1) is 14.4. The van der Waals surface area contributed by atoms with Gasteiger partial charge in [0.25, 0.3) is 0 Å². The fourth-order valence-electron chi connectivity index (χ4n) is 1.82. The summed E-state index contributed by atoms with van der Waals surface area (Å²) in [5.74, 6) is 1.70. The van der Waals surface area contributed by atoms with Gasteiger partial charge in [-0.2, -0.15) is 12.6 Å². The van der Waals surface area contributed by atoms with Crippen LogP contribution >= 0.6 is 24.0 Å². The molecule has 0 atom stereocenters. The molecule has 0 bridgehead atoms. The highest BCUT2D eigenvalue weighted by atomic mass is 32.1. The van der Waals surface area contributed by atoms with Crippen LogP contribution in [0.1, 0.15) is 28.1 Å². The summed E-state index contributed by atoms with van der Waals surface area (Å²) in [6.45, 7) is 4.86. The fourth-order valence-corrected chi connectivity index (χ4v) is 3.15. The summed E-state index contributed by atoms with van der Waals surface area (Å²) in [6.07, 6.45) is 1.92. The van der Waals surface area contributed by atoms with Gasteiger partial charge in [0.2, 0.25) is 0 Å². The maximum Gasteiger partial charge on any atom is 0.119 e. The molecule has 0 aliphatic carbocycles. The third kappa shape index (κ3) is 3.98. The Hall–Kier alpha value is -1.00. The van der Waals surface area contributed by atoms with Crippen molar-refractivity contribution in [3.05, 3.63) is 45.4 Å². The summed E-state index contributed by atoms with van der Waals surface area (Å²) in [5, 5.41) is 1.13. The van der Waals surface area contributed by atoms with E-state index < -0.39 is 0 Å². The molecule has 2 rings (SSSR count). The van der Waals surface area contributed by atoms with E-state index in [4.69, 9.17) is 4.74 Å². The molecular formula is C15H19NOS2. The van der Waals surface area contributed by atoms with Crippen LogP contribution in [0.3, 0.4) is 0 Å². The van der Waals surface area contributed by atoms with Gasteiger partial charge in [0.15, 0.2) is 0 Å². The van der Waals surface area contributed by atoms with Crippen LogP contribution < -0.4 is 4.74 Å². The molecule has 0 aliphatic rings. The van der Waals surface area contributed by atoms with Crippen molar-refractivity contribution in [1.29, 1.82) is 0 Å². The molecule has 0 fully saturated rings. The van der Waals surface area contributed by atoms with Gasteiger partial charge in [0.1, 0.15) is 5.75 Å². The molecule has 0 saturated carbocycles. The van der Waals surface area contributed by atoms with Gasteiger partial charge in [-0.1, -0.05) is 19.1 Å². The molecule has 0 unspecified atom stereocenters. The van der Waals surface area contributed by atoms with Gasteiger partial charge in [0, 0.05) is 17.1 Å². The average Bonchev–Trinajstić information content (AvgIpc) is 2.80. The van der Waals surface area contributed by atoms with Gasteiger partial charge in [0.05, 0.1) is 17.3 Å². The van der Waals surface area contributed by atoms with Gasteiger partial charge in [-0.15, -0.1) is 11.3 Å². The summed E-state index contributed by atoms with van der Waals surface area (Å²) < 4.78 is 5.74. The molecule has 4 heteroatoms. The van der Waals surface area contributed by atoms with Crippen molar-refractivity contribution in [3.8, 4) is 5.75 Å². The number of hydrogen-bond acceptors (Lipinski definition) is 4. The number of thiol groups is 1. The van der Waals surface area contributed by atoms with Gasteiger partial charge < -0.3 is 4.74 Å². The minimum Gasteiger partial charge on any atom is -0.493 e. The van der Waals surface area contributed by atoms with Gasteiger partial charge in [-0.3, -0.25) is 0 Å². The van der Waals surface area contributed by atoms with Crippen molar-refractivity contribution in [2.24, 2.45) is 0 Å². The van der Waals surface area contributed by atoms with Gasteiger partial charge in [-0.25, -0.2) is 4.98 Å². The van der Waals surface area contributed by atoms with Crippen LogP contribution in [0.2, 0.25) is 0 Å². The molecule has 0 N–H and O–H groups in total. The Bertz CT molecular complexity index is 519. The molecule has 0 amide bonds. The molecule has 0 saturated heterocycles. The number of aromatic nitrogens is 1. The normalized spacial score (nSPS) is 10.7. The average molecular weight is 293 g/mol. The van der Waals surface area contributed by atoms with Crippen LogP contribution in [0, 0.1) is 6.92 Å². The zero-order chi connectivity index (χ0) is 13.7. The van der Waals surface area contributed by atoms with Crippen LogP contribution in [-0.4, -0.2) is 11.6 Å². The molecule has 1 heterocycles. The lowest BCUT2D eigenvalue weighted by Crippen LogP contribution is -2.01. The summed E-state index contributed by atoms with van der Waals surface area (Å²) in [7, 11) is 0. The van der Waals surface area contributed by atoms with E-state index in [0.717, 1.165) is 35.0 Å². The molecular weight excluding hydrogens is 274 g/mol. The standard InChI is InChI=1S/C15H19NOS2/c1-3-12-4-6-13(7-5-12)17-9-8-15-16-11(2)14(10-18)19-15/h4-7,18H,3,8-10H2,1-2H3. The van der Waals surface area contributed by atoms with E-state index in [1.165, 1.54) is 10.4 Å². The molecule has 19 heavy (non-hydrogen) atoms. The lowest BCUT2D eigenvalue weighted by atomic mass is 10.2.